The van der Waals surface area contributed by atoms with Crippen molar-refractivity contribution >= 4 is 23.2 Å². The van der Waals surface area contributed by atoms with Crippen molar-refractivity contribution in [2.45, 2.75) is 26.2 Å². The molecule has 1 heterocycles. The second-order valence-electron chi connectivity index (χ2n) is 7.71. The molecular weight excluding hydrogens is 392 g/mol. The first-order chi connectivity index (χ1) is 13.9. The fourth-order valence-electron chi connectivity index (χ4n) is 3.55. The number of hydrogen-bond donors (Lipinski definition) is 0. The van der Waals surface area contributed by atoms with Crippen molar-refractivity contribution in [3.63, 3.8) is 0 Å². The maximum atomic E-state index is 13.0. The van der Waals surface area contributed by atoms with Crippen LogP contribution in [0.15, 0.2) is 60.2 Å². The smallest absolute Gasteiger partial charge is 0.190 e. The Labute approximate surface area is 174 Å². The van der Waals surface area contributed by atoms with Gasteiger partial charge in [0.2, 0.25) is 0 Å². The molecule has 0 spiro atoms. The van der Waals surface area contributed by atoms with Crippen LogP contribution in [0, 0.1) is 5.41 Å². The summed E-state index contributed by atoms with van der Waals surface area (Å²) in [5.74, 6) is 0.343. The van der Waals surface area contributed by atoms with Gasteiger partial charge in [0, 0.05) is 27.1 Å². The first kappa shape index (κ1) is 19.8. The van der Waals surface area contributed by atoms with Crippen LogP contribution in [-0.4, -0.2) is 37.2 Å². The van der Waals surface area contributed by atoms with Gasteiger partial charge in [-0.25, -0.2) is 0 Å². The molecule has 2 atom stereocenters. The molecular formula is C23H21ClO5. The minimum atomic E-state index is -0.796. The number of allylic oxidation sites excluding steroid dienone is 1. The van der Waals surface area contributed by atoms with E-state index < -0.39 is 11.7 Å². The van der Waals surface area contributed by atoms with Crippen LogP contribution in [0.25, 0.3) is 0 Å². The summed E-state index contributed by atoms with van der Waals surface area (Å²) in [6.45, 7) is 4.35. The Morgan fingerprint density at radius 1 is 1.07 bits per heavy atom. The normalized spacial score (nSPS) is 21.7. The highest BCUT2D eigenvalue weighted by Gasteiger charge is 2.45. The van der Waals surface area contributed by atoms with Crippen molar-refractivity contribution in [1.29, 1.82) is 0 Å². The number of Topliss-reactive ketones (excluding diaryl/α,β-unsaturated/α-hetero) is 1. The van der Waals surface area contributed by atoms with Crippen LogP contribution in [0.1, 0.15) is 34.6 Å². The van der Waals surface area contributed by atoms with Crippen LogP contribution in [0.3, 0.4) is 0 Å². The van der Waals surface area contributed by atoms with Gasteiger partial charge in [0.1, 0.15) is 18.5 Å². The first-order valence-corrected chi connectivity index (χ1v) is 9.80. The third kappa shape index (κ3) is 3.86. The van der Waals surface area contributed by atoms with Crippen LogP contribution < -0.4 is 4.74 Å². The van der Waals surface area contributed by atoms with Gasteiger partial charge < -0.3 is 14.2 Å². The molecule has 6 heteroatoms. The van der Waals surface area contributed by atoms with E-state index in [4.69, 9.17) is 25.8 Å². The van der Waals surface area contributed by atoms with Crippen LogP contribution in [-0.2, 0) is 9.47 Å². The Bertz CT molecular complexity index is 977. The largest absolute Gasteiger partial charge is 0.491 e. The molecule has 1 aliphatic carbocycles. The zero-order valence-corrected chi connectivity index (χ0v) is 16.9. The number of benzene rings is 2. The molecule has 1 aliphatic heterocycles. The summed E-state index contributed by atoms with van der Waals surface area (Å²) >= 11 is 5.88. The topological polar surface area (TPSA) is 61.8 Å². The van der Waals surface area contributed by atoms with E-state index in [0.717, 1.165) is 0 Å². The van der Waals surface area contributed by atoms with E-state index in [1.807, 2.05) is 13.8 Å². The molecule has 29 heavy (non-hydrogen) atoms. The van der Waals surface area contributed by atoms with Crippen LogP contribution in [0.2, 0.25) is 5.02 Å². The number of rotatable bonds is 5. The quantitative estimate of drug-likeness (QED) is 0.724. The highest BCUT2D eigenvalue weighted by atomic mass is 35.5. The van der Waals surface area contributed by atoms with Gasteiger partial charge in [-0.3, -0.25) is 9.59 Å². The van der Waals surface area contributed by atoms with E-state index in [2.05, 4.69) is 0 Å². The molecule has 0 saturated carbocycles. The molecule has 2 aromatic rings. The molecule has 1 fully saturated rings. The molecule has 0 amide bonds. The number of fused-ring (bicyclic) bond motifs is 1. The number of carbonyl (C=O) groups is 2. The van der Waals surface area contributed by atoms with Crippen molar-refractivity contribution in [1.82, 2.24) is 0 Å². The average Bonchev–Trinajstić information content (AvgIpc) is 3.20. The first-order valence-electron chi connectivity index (χ1n) is 9.42. The predicted molar refractivity (Wildman–Crippen MR) is 109 cm³/mol. The fraction of sp³-hybridized carbons (Fsp3) is 0.304. The summed E-state index contributed by atoms with van der Waals surface area (Å²) < 4.78 is 17.6. The van der Waals surface area contributed by atoms with E-state index >= 15 is 0 Å². The summed E-state index contributed by atoms with van der Waals surface area (Å²) in [6.07, 6.45) is 0.473. The molecule has 0 aromatic heterocycles. The lowest BCUT2D eigenvalue weighted by molar-refractivity contribution is -0.120. The van der Waals surface area contributed by atoms with E-state index in [1.54, 1.807) is 48.5 Å². The highest BCUT2D eigenvalue weighted by molar-refractivity contribution is 6.30. The standard InChI is InChI=1S/C23H21ClO5/c1-23(2,19-11-20(25)17-5-3-4-6-18(17)21(19)26)22-28-13-16(29-22)12-27-15-9-7-14(24)8-10-15/h3-11,16,22H,12-13H2,1-2H3. The minimum Gasteiger partial charge on any atom is -0.491 e. The van der Waals surface area contributed by atoms with Gasteiger partial charge in [-0.1, -0.05) is 49.7 Å². The molecule has 2 aromatic carbocycles. The van der Waals surface area contributed by atoms with Crippen molar-refractivity contribution in [3.8, 4) is 5.75 Å². The van der Waals surface area contributed by atoms with Gasteiger partial charge in [0.05, 0.1) is 6.61 Å². The number of halogens is 1. The Balaban J connectivity index is 1.45. The van der Waals surface area contributed by atoms with Gasteiger partial charge in [-0.05, 0) is 30.3 Å². The maximum absolute atomic E-state index is 13.0. The summed E-state index contributed by atoms with van der Waals surface area (Å²) in [7, 11) is 0. The summed E-state index contributed by atoms with van der Waals surface area (Å²) in [4.78, 5) is 25.5. The molecule has 0 radical (unpaired) electrons. The second kappa shape index (κ2) is 7.75. The van der Waals surface area contributed by atoms with Gasteiger partial charge >= 0.3 is 0 Å². The van der Waals surface area contributed by atoms with E-state index in [9.17, 15) is 9.59 Å². The Morgan fingerprint density at radius 3 is 2.48 bits per heavy atom. The zero-order chi connectivity index (χ0) is 20.6. The number of ether oxygens (including phenoxy) is 3. The summed E-state index contributed by atoms with van der Waals surface area (Å²) in [5, 5.41) is 0.640. The van der Waals surface area contributed by atoms with Gasteiger partial charge in [0.15, 0.2) is 17.9 Å². The van der Waals surface area contributed by atoms with Gasteiger partial charge in [-0.15, -0.1) is 0 Å². The van der Waals surface area contributed by atoms with Gasteiger partial charge in [0.25, 0.3) is 0 Å². The monoisotopic (exact) mass is 412 g/mol. The average molecular weight is 413 g/mol. The van der Waals surface area contributed by atoms with Crippen molar-refractivity contribution in [2.24, 2.45) is 5.41 Å². The number of ketones is 2. The Morgan fingerprint density at radius 2 is 1.76 bits per heavy atom. The maximum Gasteiger partial charge on any atom is 0.190 e. The third-order valence-corrected chi connectivity index (χ3v) is 5.49. The fourth-order valence-corrected chi connectivity index (χ4v) is 3.68. The molecule has 0 bridgehead atoms. The minimum absolute atomic E-state index is 0.168. The molecule has 4 rings (SSSR count). The van der Waals surface area contributed by atoms with Crippen molar-refractivity contribution in [2.75, 3.05) is 13.2 Å². The second-order valence-corrected chi connectivity index (χ2v) is 8.14. The lowest BCUT2D eigenvalue weighted by Gasteiger charge is -2.33. The molecule has 150 valence electrons. The molecule has 0 N–H and O–H groups in total. The summed E-state index contributed by atoms with van der Waals surface area (Å²) in [5.41, 5.74) is 0.448. The molecule has 1 saturated heterocycles. The van der Waals surface area contributed by atoms with Crippen molar-refractivity contribution < 1.29 is 23.8 Å². The number of carbonyl (C=O) groups excluding carboxylic acids is 2. The van der Waals surface area contributed by atoms with Gasteiger partial charge in [-0.2, -0.15) is 0 Å². The van der Waals surface area contributed by atoms with E-state index in [1.165, 1.54) is 6.08 Å². The SMILES string of the molecule is CC(C)(C1=CC(=O)c2ccccc2C1=O)C1OCC(COc2ccc(Cl)cc2)O1. The van der Waals surface area contributed by atoms with E-state index in [0.29, 0.717) is 40.7 Å². The lowest BCUT2D eigenvalue weighted by atomic mass is 9.75. The zero-order valence-electron chi connectivity index (χ0n) is 16.2. The van der Waals surface area contributed by atoms with Crippen LogP contribution >= 0.6 is 11.6 Å². The van der Waals surface area contributed by atoms with E-state index in [-0.39, 0.29) is 17.7 Å². The Kier molecular flexibility index (Phi) is 5.30. The molecule has 5 nitrogen and oxygen atoms in total. The van der Waals surface area contributed by atoms with Crippen molar-refractivity contribution in [3.05, 3.63) is 76.3 Å². The highest BCUT2D eigenvalue weighted by Crippen LogP contribution is 2.40. The number of hydrogen-bond acceptors (Lipinski definition) is 5. The summed E-state index contributed by atoms with van der Waals surface area (Å²) in [6, 6.07) is 13.9. The molecule has 2 unspecified atom stereocenters. The molecule has 2 aliphatic rings. The Hall–Kier alpha value is -2.47. The van der Waals surface area contributed by atoms with Crippen LogP contribution in [0.5, 0.6) is 5.75 Å². The third-order valence-electron chi connectivity index (χ3n) is 5.24. The lowest BCUT2D eigenvalue weighted by Crippen LogP contribution is -2.38. The predicted octanol–water partition coefficient (Wildman–Crippen LogP) is 4.49. The van der Waals surface area contributed by atoms with Crippen LogP contribution in [0.4, 0.5) is 0 Å².